The van der Waals surface area contributed by atoms with Gasteiger partial charge in [-0.1, -0.05) is 71.9 Å². The number of hydrogen-bond donors (Lipinski definition) is 0. The van der Waals surface area contributed by atoms with Gasteiger partial charge in [0, 0.05) is 48.6 Å². The van der Waals surface area contributed by atoms with Gasteiger partial charge in [0.25, 0.3) is 0 Å². The summed E-state index contributed by atoms with van der Waals surface area (Å²) in [6.07, 6.45) is 7.44. The zero-order valence-electron chi connectivity index (χ0n) is 33.5. The number of para-hydroxylation sites is 1. The largest absolute Gasteiger partial charge is 0.492 e. The maximum atomic E-state index is 16.1. The summed E-state index contributed by atoms with van der Waals surface area (Å²) in [5.41, 5.74) is 4.77. The first-order valence-corrected chi connectivity index (χ1v) is 20.6. The zero-order valence-corrected chi connectivity index (χ0v) is 33.5. The first kappa shape index (κ1) is 37.9. The van der Waals surface area contributed by atoms with Gasteiger partial charge in [0.05, 0.1) is 0 Å². The Hall–Kier alpha value is -3.39. The van der Waals surface area contributed by atoms with E-state index in [0.717, 1.165) is 92.8 Å². The van der Waals surface area contributed by atoms with Gasteiger partial charge in [-0.05, 0) is 130 Å². The van der Waals surface area contributed by atoms with Crippen molar-refractivity contribution in [1.29, 1.82) is 0 Å². The van der Waals surface area contributed by atoms with Crippen molar-refractivity contribution in [2.24, 2.45) is 0 Å². The maximum Gasteiger partial charge on any atom is 0.247 e. The van der Waals surface area contributed by atoms with Crippen LogP contribution >= 0.6 is 0 Å². The van der Waals surface area contributed by atoms with Crippen molar-refractivity contribution < 1.29 is 14.3 Å². The molecule has 0 N–H and O–H groups in total. The number of nitrogens with zero attached hydrogens (tertiary/aromatic N) is 4. The first-order valence-electron chi connectivity index (χ1n) is 20.6. The number of amides is 1. The van der Waals surface area contributed by atoms with Crippen LogP contribution in [-0.2, 0) is 21.0 Å². The van der Waals surface area contributed by atoms with E-state index in [1.54, 1.807) is 0 Å². The van der Waals surface area contributed by atoms with Crippen LogP contribution in [0.1, 0.15) is 108 Å². The smallest absolute Gasteiger partial charge is 0.247 e. The third kappa shape index (κ3) is 7.90. The standard InChI is InChI=1S/C46H64N4O3/c1-44(2,3)35-17-19-41(52-31-29-48-23-11-12-24-48)38(33-35)46(37-15-7-8-16-40(37)50(43(46)51)28-27-47-21-9-10-22-47)39-34-36(45(4,5)6)18-20-42(39)53-32-30-49-25-13-14-26-49/h7-8,15-20,33-34H,9-14,21-32H2,1-6H3. The summed E-state index contributed by atoms with van der Waals surface area (Å²) in [6, 6.07) is 21.8. The highest BCUT2D eigenvalue weighted by atomic mass is 16.5. The molecule has 7 heteroatoms. The molecule has 7 rings (SSSR count). The molecule has 4 aliphatic rings. The molecule has 0 unspecified atom stereocenters. The average Bonchev–Trinajstić information content (AvgIpc) is 3.96. The van der Waals surface area contributed by atoms with Crippen molar-refractivity contribution in [1.82, 2.24) is 14.7 Å². The fourth-order valence-electron chi connectivity index (χ4n) is 9.00. The van der Waals surface area contributed by atoms with E-state index in [4.69, 9.17) is 9.47 Å². The summed E-state index contributed by atoms with van der Waals surface area (Å²) in [4.78, 5) is 25.6. The lowest BCUT2D eigenvalue weighted by molar-refractivity contribution is -0.120. The van der Waals surface area contributed by atoms with Gasteiger partial charge in [0.2, 0.25) is 5.91 Å². The van der Waals surface area contributed by atoms with E-state index in [9.17, 15) is 0 Å². The minimum absolute atomic E-state index is 0.0869. The maximum absolute atomic E-state index is 16.1. The van der Waals surface area contributed by atoms with Crippen molar-refractivity contribution in [2.75, 3.05) is 83.6 Å². The van der Waals surface area contributed by atoms with E-state index < -0.39 is 5.41 Å². The second-order valence-electron chi connectivity index (χ2n) is 18.0. The molecule has 1 amide bonds. The summed E-state index contributed by atoms with van der Waals surface area (Å²) < 4.78 is 13.8. The quantitative estimate of drug-likeness (QED) is 0.178. The summed E-state index contributed by atoms with van der Waals surface area (Å²) in [5, 5.41) is 0. The van der Waals surface area contributed by atoms with E-state index >= 15 is 4.79 Å². The summed E-state index contributed by atoms with van der Waals surface area (Å²) >= 11 is 0. The molecule has 0 bridgehead atoms. The van der Waals surface area contributed by atoms with Gasteiger partial charge in [0.1, 0.15) is 30.1 Å². The van der Waals surface area contributed by atoms with Gasteiger partial charge in [-0.3, -0.25) is 14.6 Å². The van der Waals surface area contributed by atoms with Crippen LogP contribution in [0.2, 0.25) is 0 Å². The monoisotopic (exact) mass is 720 g/mol. The van der Waals surface area contributed by atoms with Gasteiger partial charge < -0.3 is 19.3 Å². The number of likely N-dealkylation sites (tertiary alicyclic amines) is 3. The Kier molecular flexibility index (Phi) is 11.3. The summed E-state index contributed by atoms with van der Waals surface area (Å²) in [5.74, 6) is 1.65. The van der Waals surface area contributed by atoms with Crippen LogP contribution in [-0.4, -0.2) is 99.3 Å². The Bertz CT molecular complexity index is 1640. The number of anilines is 1. The lowest BCUT2D eigenvalue weighted by atomic mass is 9.67. The van der Waals surface area contributed by atoms with Gasteiger partial charge in [-0.2, -0.15) is 0 Å². The van der Waals surface area contributed by atoms with Gasteiger partial charge in [0.15, 0.2) is 0 Å². The Morgan fingerprint density at radius 2 is 0.981 bits per heavy atom. The van der Waals surface area contributed by atoms with E-state index in [1.807, 2.05) is 0 Å². The van der Waals surface area contributed by atoms with E-state index in [0.29, 0.717) is 19.8 Å². The molecule has 3 aromatic rings. The van der Waals surface area contributed by atoms with E-state index in [2.05, 4.69) is 122 Å². The van der Waals surface area contributed by atoms with Crippen LogP contribution in [0.15, 0.2) is 60.7 Å². The van der Waals surface area contributed by atoms with Gasteiger partial charge in [-0.15, -0.1) is 0 Å². The molecule has 286 valence electrons. The molecule has 0 atom stereocenters. The molecule has 3 aromatic carbocycles. The molecule has 0 aromatic heterocycles. The van der Waals surface area contributed by atoms with Crippen molar-refractivity contribution in [3.8, 4) is 11.5 Å². The minimum Gasteiger partial charge on any atom is -0.492 e. The van der Waals surface area contributed by atoms with Crippen LogP contribution in [0.3, 0.4) is 0 Å². The molecule has 0 spiro atoms. The molecular formula is C46H64N4O3. The predicted octanol–water partition coefficient (Wildman–Crippen LogP) is 8.01. The second kappa shape index (κ2) is 15.8. The van der Waals surface area contributed by atoms with Crippen LogP contribution in [0.5, 0.6) is 11.5 Å². The normalized spacial score (nSPS) is 19.7. The molecular weight excluding hydrogens is 657 g/mol. The van der Waals surface area contributed by atoms with E-state index in [-0.39, 0.29) is 16.7 Å². The van der Waals surface area contributed by atoms with Crippen molar-refractivity contribution in [3.05, 3.63) is 88.5 Å². The number of benzene rings is 3. The highest BCUT2D eigenvalue weighted by Gasteiger charge is 2.56. The predicted molar refractivity (Wildman–Crippen MR) is 217 cm³/mol. The Morgan fingerprint density at radius 3 is 1.43 bits per heavy atom. The highest BCUT2D eigenvalue weighted by molar-refractivity contribution is 6.13. The Labute approximate surface area is 319 Å². The fourth-order valence-corrected chi connectivity index (χ4v) is 9.00. The second-order valence-corrected chi connectivity index (χ2v) is 18.0. The fraction of sp³-hybridized carbons (Fsp3) is 0.587. The van der Waals surface area contributed by atoms with Crippen LogP contribution in [0, 0.1) is 0 Å². The number of carbonyl (C=O) groups is 1. The van der Waals surface area contributed by atoms with Gasteiger partial charge >= 0.3 is 0 Å². The minimum atomic E-state index is -1.17. The van der Waals surface area contributed by atoms with Crippen LogP contribution in [0.4, 0.5) is 5.69 Å². The number of rotatable bonds is 13. The number of hydrogen-bond acceptors (Lipinski definition) is 6. The Morgan fingerprint density at radius 1 is 0.547 bits per heavy atom. The molecule has 3 fully saturated rings. The first-order chi connectivity index (χ1) is 25.5. The lowest BCUT2D eigenvalue weighted by Crippen LogP contribution is -2.45. The molecule has 0 radical (unpaired) electrons. The topological polar surface area (TPSA) is 48.5 Å². The number of carbonyl (C=O) groups excluding carboxylic acids is 1. The lowest BCUT2D eigenvalue weighted by Gasteiger charge is -2.36. The molecule has 4 heterocycles. The average molecular weight is 721 g/mol. The number of ether oxygens (including phenoxy) is 2. The molecule has 3 saturated heterocycles. The van der Waals surface area contributed by atoms with Crippen molar-refractivity contribution >= 4 is 11.6 Å². The summed E-state index contributed by atoms with van der Waals surface area (Å²) in [6.45, 7) is 24.6. The van der Waals surface area contributed by atoms with Gasteiger partial charge in [-0.25, -0.2) is 0 Å². The van der Waals surface area contributed by atoms with Crippen LogP contribution in [0.25, 0.3) is 0 Å². The third-order valence-corrected chi connectivity index (χ3v) is 12.2. The van der Waals surface area contributed by atoms with Crippen molar-refractivity contribution in [3.63, 3.8) is 0 Å². The highest BCUT2D eigenvalue weighted by Crippen LogP contribution is 2.56. The summed E-state index contributed by atoms with van der Waals surface area (Å²) in [7, 11) is 0. The van der Waals surface area contributed by atoms with E-state index in [1.165, 1.54) is 49.7 Å². The molecule has 7 nitrogen and oxygen atoms in total. The number of fused-ring (bicyclic) bond motifs is 1. The Balaban J connectivity index is 1.43. The van der Waals surface area contributed by atoms with Crippen LogP contribution < -0.4 is 14.4 Å². The van der Waals surface area contributed by atoms with Crippen molar-refractivity contribution in [2.45, 2.75) is 96.3 Å². The molecule has 4 aliphatic heterocycles. The molecule has 0 aliphatic carbocycles. The third-order valence-electron chi connectivity index (χ3n) is 12.2. The molecule has 0 saturated carbocycles. The zero-order chi connectivity index (χ0) is 37.2. The SMILES string of the molecule is CC(C)(C)c1ccc(OCCN2CCCC2)c(C2(c3cc(C(C)(C)C)ccc3OCCN3CCCC3)C(=O)N(CCN3CCCC3)c3ccccc32)c1. The molecule has 53 heavy (non-hydrogen) atoms.